The van der Waals surface area contributed by atoms with E-state index in [-0.39, 0.29) is 22.6 Å². The van der Waals surface area contributed by atoms with Crippen LogP contribution in [-0.4, -0.2) is 32.4 Å². The number of aromatic hydroxyl groups is 2. The van der Waals surface area contributed by atoms with Crippen molar-refractivity contribution in [2.24, 2.45) is 5.41 Å². The third-order valence-corrected chi connectivity index (χ3v) is 6.14. The molecule has 0 radical (unpaired) electrons. The van der Waals surface area contributed by atoms with Gasteiger partial charge >= 0.3 is 11.9 Å². The lowest BCUT2D eigenvalue weighted by atomic mass is 9.76. The van der Waals surface area contributed by atoms with Crippen molar-refractivity contribution < 1.29 is 30.0 Å². The van der Waals surface area contributed by atoms with Gasteiger partial charge in [0.05, 0.1) is 8.95 Å². The second-order valence-electron chi connectivity index (χ2n) is 5.84. The largest absolute Gasteiger partial charge is 0.506 e. The highest BCUT2D eigenvalue weighted by molar-refractivity contribution is 9.11. The summed E-state index contributed by atoms with van der Waals surface area (Å²) >= 11 is 12.8. The SMILES string of the molecule is O=C(O)C(Cc1cc(Br)cc(Br)c1O)(Cc1cc(Br)cc(Br)c1O)C(=O)O. The predicted octanol–water partition coefficient (Wildman–Crippen LogP) is 5.09. The first-order valence-electron chi connectivity index (χ1n) is 7.28. The van der Waals surface area contributed by atoms with Crippen LogP contribution in [0.2, 0.25) is 0 Å². The van der Waals surface area contributed by atoms with Crippen LogP contribution in [0.25, 0.3) is 0 Å². The third kappa shape index (κ3) is 4.67. The van der Waals surface area contributed by atoms with Gasteiger partial charge in [-0.3, -0.25) is 9.59 Å². The Labute approximate surface area is 187 Å². The zero-order valence-corrected chi connectivity index (χ0v) is 19.7. The third-order valence-electron chi connectivity index (χ3n) is 4.02. The predicted molar refractivity (Wildman–Crippen MR) is 112 cm³/mol. The molecule has 0 unspecified atom stereocenters. The van der Waals surface area contributed by atoms with Crippen LogP contribution in [-0.2, 0) is 22.4 Å². The lowest BCUT2D eigenvalue weighted by molar-refractivity contribution is -0.164. The Morgan fingerprint density at radius 3 is 1.37 bits per heavy atom. The van der Waals surface area contributed by atoms with Crippen LogP contribution in [0.5, 0.6) is 11.5 Å². The van der Waals surface area contributed by atoms with Crippen LogP contribution >= 0.6 is 63.7 Å². The van der Waals surface area contributed by atoms with E-state index in [1.807, 2.05) is 0 Å². The molecule has 144 valence electrons. The van der Waals surface area contributed by atoms with E-state index in [9.17, 15) is 30.0 Å². The van der Waals surface area contributed by atoms with E-state index < -0.39 is 30.2 Å². The molecule has 2 rings (SSSR count). The first-order chi connectivity index (χ1) is 12.5. The molecule has 10 heteroatoms. The summed E-state index contributed by atoms with van der Waals surface area (Å²) in [6.45, 7) is 0. The first-order valence-corrected chi connectivity index (χ1v) is 10.5. The molecule has 0 spiro atoms. The molecule has 0 bridgehead atoms. The molecular weight excluding hydrogens is 620 g/mol. The molecule has 27 heavy (non-hydrogen) atoms. The fourth-order valence-electron chi connectivity index (χ4n) is 2.61. The van der Waals surface area contributed by atoms with Crippen LogP contribution < -0.4 is 0 Å². The minimum absolute atomic E-state index is 0.134. The number of rotatable bonds is 6. The standard InChI is InChI=1S/C17H12Br4O6/c18-9-1-7(13(22)11(20)3-9)5-17(15(24)25,16(26)27)6-8-2-10(19)4-12(21)14(8)23/h1-4,22-23H,5-6H2,(H,24,25)(H,26,27). The minimum Gasteiger partial charge on any atom is -0.506 e. The van der Waals surface area contributed by atoms with E-state index in [0.717, 1.165) is 0 Å². The van der Waals surface area contributed by atoms with Crippen LogP contribution in [0.1, 0.15) is 11.1 Å². The van der Waals surface area contributed by atoms with Gasteiger partial charge in [-0.15, -0.1) is 0 Å². The van der Waals surface area contributed by atoms with Gasteiger partial charge in [0.25, 0.3) is 0 Å². The van der Waals surface area contributed by atoms with Gasteiger partial charge in [0.15, 0.2) is 5.41 Å². The molecule has 0 aromatic heterocycles. The summed E-state index contributed by atoms with van der Waals surface area (Å²) in [5.74, 6) is -3.66. The minimum atomic E-state index is -2.31. The number of carboxylic acid groups (broad SMARTS) is 2. The quantitative estimate of drug-likeness (QED) is 0.331. The van der Waals surface area contributed by atoms with E-state index in [0.29, 0.717) is 17.9 Å². The number of carbonyl (C=O) groups is 2. The van der Waals surface area contributed by atoms with Crippen molar-refractivity contribution in [2.75, 3.05) is 0 Å². The summed E-state index contributed by atoms with van der Waals surface area (Å²) < 4.78 is 1.67. The van der Waals surface area contributed by atoms with E-state index >= 15 is 0 Å². The lowest BCUT2D eigenvalue weighted by Crippen LogP contribution is -2.43. The fourth-order valence-corrected chi connectivity index (χ4v) is 5.24. The average molecular weight is 632 g/mol. The average Bonchev–Trinajstić information content (AvgIpc) is 2.55. The molecule has 0 aliphatic rings. The van der Waals surface area contributed by atoms with Gasteiger partial charge in [-0.05, 0) is 67.3 Å². The molecule has 0 heterocycles. The summed E-state index contributed by atoms with van der Waals surface area (Å²) in [5.41, 5.74) is -2.04. The maximum atomic E-state index is 12.0. The molecule has 2 aromatic rings. The Morgan fingerprint density at radius 1 is 0.741 bits per heavy atom. The maximum absolute atomic E-state index is 12.0. The molecule has 0 amide bonds. The van der Waals surface area contributed by atoms with E-state index in [2.05, 4.69) is 63.7 Å². The van der Waals surface area contributed by atoms with Gasteiger partial charge in [0.1, 0.15) is 11.5 Å². The Hall–Kier alpha value is -1.10. The number of halogens is 4. The summed E-state index contributed by atoms with van der Waals surface area (Å²) in [7, 11) is 0. The smallest absolute Gasteiger partial charge is 0.321 e. The zero-order chi connectivity index (χ0) is 20.5. The second kappa shape index (κ2) is 8.50. The van der Waals surface area contributed by atoms with Gasteiger partial charge in [-0.25, -0.2) is 0 Å². The van der Waals surface area contributed by atoms with Crippen molar-refractivity contribution in [1.82, 2.24) is 0 Å². The molecule has 0 aliphatic heterocycles. The van der Waals surface area contributed by atoms with Crippen molar-refractivity contribution >= 4 is 75.7 Å². The monoisotopic (exact) mass is 628 g/mol. The maximum Gasteiger partial charge on any atom is 0.321 e. The normalized spacial score (nSPS) is 11.4. The summed E-state index contributed by atoms with van der Waals surface area (Å²) in [5, 5.41) is 40.0. The van der Waals surface area contributed by atoms with Gasteiger partial charge in [-0.2, -0.15) is 0 Å². The van der Waals surface area contributed by atoms with Crippen LogP contribution in [0.15, 0.2) is 42.2 Å². The Kier molecular flexibility index (Phi) is 6.99. The topological polar surface area (TPSA) is 115 Å². The van der Waals surface area contributed by atoms with E-state index in [4.69, 9.17) is 0 Å². The van der Waals surface area contributed by atoms with Gasteiger partial charge in [0.2, 0.25) is 0 Å². The molecule has 0 saturated heterocycles. The number of hydrogen-bond donors (Lipinski definition) is 4. The molecule has 2 aromatic carbocycles. The highest BCUT2D eigenvalue weighted by Gasteiger charge is 2.48. The fraction of sp³-hybridized carbons (Fsp3) is 0.176. The van der Waals surface area contributed by atoms with Crippen molar-refractivity contribution in [3.63, 3.8) is 0 Å². The number of phenols is 2. The van der Waals surface area contributed by atoms with Crippen LogP contribution in [0.4, 0.5) is 0 Å². The molecule has 6 nitrogen and oxygen atoms in total. The van der Waals surface area contributed by atoms with Crippen molar-refractivity contribution in [3.05, 3.63) is 53.3 Å². The van der Waals surface area contributed by atoms with Crippen molar-refractivity contribution in [3.8, 4) is 11.5 Å². The lowest BCUT2D eigenvalue weighted by Gasteiger charge is -2.26. The van der Waals surface area contributed by atoms with E-state index in [1.165, 1.54) is 12.1 Å². The van der Waals surface area contributed by atoms with Crippen molar-refractivity contribution in [2.45, 2.75) is 12.8 Å². The zero-order valence-electron chi connectivity index (χ0n) is 13.3. The molecule has 0 fully saturated rings. The number of carboxylic acids is 2. The Balaban J connectivity index is 2.62. The molecular formula is C17H12Br4O6. The first kappa shape index (κ1) is 22.2. The Bertz CT molecular complexity index is 853. The number of phenolic OH excluding ortho intramolecular Hbond substituents is 2. The summed E-state index contributed by atoms with van der Waals surface area (Å²) in [4.78, 5) is 24.1. The second-order valence-corrected chi connectivity index (χ2v) is 9.38. The molecule has 0 atom stereocenters. The van der Waals surface area contributed by atoms with Crippen LogP contribution in [0, 0.1) is 5.41 Å². The Morgan fingerprint density at radius 2 is 1.07 bits per heavy atom. The number of benzene rings is 2. The highest BCUT2D eigenvalue weighted by atomic mass is 79.9. The molecule has 0 saturated carbocycles. The highest BCUT2D eigenvalue weighted by Crippen LogP contribution is 2.40. The van der Waals surface area contributed by atoms with Gasteiger partial charge in [-0.1, -0.05) is 31.9 Å². The van der Waals surface area contributed by atoms with Gasteiger partial charge < -0.3 is 20.4 Å². The number of aliphatic carboxylic acids is 2. The molecule has 4 N–H and O–H groups in total. The number of hydrogen-bond acceptors (Lipinski definition) is 4. The summed E-state index contributed by atoms with van der Waals surface area (Å²) in [6.07, 6.45) is -0.990. The molecule has 0 aliphatic carbocycles. The van der Waals surface area contributed by atoms with Gasteiger partial charge in [0, 0.05) is 21.8 Å². The summed E-state index contributed by atoms with van der Waals surface area (Å²) in [6, 6.07) is 6.02. The van der Waals surface area contributed by atoms with E-state index in [1.54, 1.807) is 12.1 Å². The van der Waals surface area contributed by atoms with Crippen LogP contribution in [0.3, 0.4) is 0 Å². The van der Waals surface area contributed by atoms with Crippen molar-refractivity contribution in [1.29, 1.82) is 0 Å².